The zero-order valence-electron chi connectivity index (χ0n) is 16.1. The first-order valence-corrected chi connectivity index (χ1v) is 9.75. The zero-order valence-corrected chi connectivity index (χ0v) is 16.9. The van der Waals surface area contributed by atoms with Crippen molar-refractivity contribution in [3.63, 3.8) is 0 Å². The molecular formula is C22H23ClN2O4. The van der Waals surface area contributed by atoms with Gasteiger partial charge in [0.15, 0.2) is 0 Å². The summed E-state index contributed by atoms with van der Waals surface area (Å²) in [5.74, 6) is -0.120. The minimum atomic E-state index is -0.389. The van der Waals surface area contributed by atoms with E-state index in [1.807, 2.05) is 0 Å². The van der Waals surface area contributed by atoms with Gasteiger partial charge < -0.3 is 20.1 Å². The zero-order chi connectivity index (χ0) is 20.6. The van der Waals surface area contributed by atoms with Gasteiger partial charge in [0.05, 0.1) is 13.2 Å². The lowest BCUT2D eigenvalue weighted by atomic mass is 10.1. The van der Waals surface area contributed by atoms with Gasteiger partial charge in [-0.15, -0.1) is 0 Å². The molecule has 1 heterocycles. The third kappa shape index (κ3) is 6.07. The monoisotopic (exact) mass is 414 g/mol. The number of nitrogens with one attached hydrogen (secondary N) is 2. The fourth-order valence-corrected chi connectivity index (χ4v) is 3.05. The summed E-state index contributed by atoms with van der Waals surface area (Å²) in [4.78, 5) is 25.4. The Kier molecular flexibility index (Phi) is 7.27. The van der Waals surface area contributed by atoms with Gasteiger partial charge in [-0.2, -0.15) is 0 Å². The van der Waals surface area contributed by atoms with E-state index >= 15 is 0 Å². The molecule has 2 aromatic carbocycles. The Bertz CT molecular complexity index is 873. The van der Waals surface area contributed by atoms with E-state index in [9.17, 15) is 9.59 Å². The van der Waals surface area contributed by atoms with Crippen molar-refractivity contribution < 1.29 is 19.1 Å². The molecule has 0 radical (unpaired) electrons. The fourth-order valence-electron chi connectivity index (χ4n) is 2.93. The Morgan fingerprint density at radius 1 is 1.17 bits per heavy atom. The van der Waals surface area contributed by atoms with Crippen LogP contribution in [0.3, 0.4) is 0 Å². The Morgan fingerprint density at radius 3 is 2.52 bits per heavy atom. The number of ether oxygens (including phenoxy) is 2. The summed E-state index contributed by atoms with van der Waals surface area (Å²) in [6.07, 6.45) is 3.52. The van der Waals surface area contributed by atoms with Gasteiger partial charge in [0, 0.05) is 23.7 Å². The first-order valence-electron chi connectivity index (χ1n) is 9.37. The third-order valence-electron chi connectivity index (χ3n) is 4.54. The molecule has 1 aliphatic rings. The van der Waals surface area contributed by atoms with E-state index in [0.29, 0.717) is 29.5 Å². The van der Waals surface area contributed by atoms with Crippen LogP contribution < -0.4 is 15.4 Å². The standard InChI is InChI=1S/C22H23ClN2O4/c1-28-18-10-6-16(7-11-18)21(26)25-20(13-15-4-8-17(23)9-5-15)22(27)24-14-19-3-2-12-29-19/h4-11,13,19H,2-3,12,14H2,1H3,(H,24,27)(H,25,26)/b20-13-/t19-/m0/s1. The summed E-state index contributed by atoms with van der Waals surface area (Å²) in [7, 11) is 1.56. The van der Waals surface area contributed by atoms with E-state index in [0.717, 1.165) is 18.4 Å². The molecule has 0 aromatic heterocycles. The number of hydrogen-bond acceptors (Lipinski definition) is 4. The number of hydrogen-bond donors (Lipinski definition) is 2. The normalized spacial score (nSPS) is 16.3. The predicted molar refractivity (Wildman–Crippen MR) is 112 cm³/mol. The van der Waals surface area contributed by atoms with Crippen molar-refractivity contribution in [2.75, 3.05) is 20.3 Å². The summed E-state index contributed by atoms with van der Waals surface area (Å²) >= 11 is 5.93. The molecule has 3 rings (SSSR count). The van der Waals surface area contributed by atoms with E-state index < -0.39 is 0 Å². The molecule has 152 valence electrons. The molecular weight excluding hydrogens is 392 g/mol. The molecule has 1 fully saturated rings. The van der Waals surface area contributed by atoms with Gasteiger partial charge in [-0.3, -0.25) is 9.59 Å². The highest BCUT2D eigenvalue weighted by Crippen LogP contribution is 2.15. The van der Waals surface area contributed by atoms with Crippen molar-refractivity contribution in [2.45, 2.75) is 18.9 Å². The van der Waals surface area contributed by atoms with Crippen LogP contribution in [0.2, 0.25) is 5.02 Å². The first kappa shape index (κ1) is 20.9. The molecule has 0 saturated carbocycles. The van der Waals surface area contributed by atoms with Gasteiger partial charge in [-0.25, -0.2) is 0 Å². The lowest BCUT2D eigenvalue weighted by molar-refractivity contribution is -0.118. The van der Waals surface area contributed by atoms with Crippen molar-refractivity contribution in [2.24, 2.45) is 0 Å². The topological polar surface area (TPSA) is 76.7 Å². The highest BCUT2D eigenvalue weighted by Gasteiger charge is 2.19. The number of halogens is 1. The van der Waals surface area contributed by atoms with Gasteiger partial charge >= 0.3 is 0 Å². The molecule has 6 nitrogen and oxygen atoms in total. The van der Waals surface area contributed by atoms with Crippen molar-refractivity contribution >= 4 is 29.5 Å². The minimum absolute atomic E-state index is 0.00743. The van der Waals surface area contributed by atoms with E-state index in [2.05, 4.69) is 10.6 Å². The van der Waals surface area contributed by atoms with Crippen LogP contribution in [0.5, 0.6) is 5.75 Å². The molecule has 1 aliphatic heterocycles. The van der Waals surface area contributed by atoms with Crippen LogP contribution in [0.1, 0.15) is 28.8 Å². The van der Waals surface area contributed by atoms with Gasteiger partial charge in [0.25, 0.3) is 11.8 Å². The van der Waals surface area contributed by atoms with Crippen LogP contribution in [0.15, 0.2) is 54.2 Å². The predicted octanol–water partition coefficient (Wildman–Crippen LogP) is 3.41. The van der Waals surface area contributed by atoms with Crippen LogP contribution in [0, 0.1) is 0 Å². The van der Waals surface area contributed by atoms with E-state index in [1.54, 1.807) is 61.7 Å². The van der Waals surface area contributed by atoms with E-state index in [-0.39, 0.29) is 23.6 Å². The molecule has 2 amide bonds. The Labute approximate surface area is 174 Å². The van der Waals surface area contributed by atoms with Crippen molar-refractivity contribution in [3.8, 4) is 5.75 Å². The Morgan fingerprint density at radius 2 is 1.90 bits per heavy atom. The highest BCUT2D eigenvalue weighted by atomic mass is 35.5. The quantitative estimate of drug-likeness (QED) is 0.681. The van der Waals surface area contributed by atoms with Gasteiger partial charge in [0.1, 0.15) is 11.4 Å². The van der Waals surface area contributed by atoms with Crippen molar-refractivity contribution in [1.82, 2.24) is 10.6 Å². The average molecular weight is 415 g/mol. The van der Waals surface area contributed by atoms with Gasteiger partial charge in [0.2, 0.25) is 0 Å². The highest BCUT2D eigenvalue weighted by molar-refractivity contribution is 6.30. The van der Waals surface area contributed by atoms with E-state index in [4.69, 9.17) is 21.1 Å². The molecule has 2 aromatic rings. The number of benzene rings is 2. The maximum Gasteiger partial charge on any atom is 0.267 e. The van der Waals surface area contributed by atoms with Crippen molar-refractivity contribution in [1.29, 1.82) is 0 Å². The second kappa shape index (κ2) is 10.1. The lowest BCUT2D eigenvalue weighted by Gasteiger charge is -2.14. The molecule has 0 unspecified atom stereocenters. The maximum absolute atomic E-state index is 12.7. The summed E-state index contributed by atoms with van der Waals surface area (Å²) in [6.45, 7) is 1.11. The third-order valence-corrected chi connectivity index (χ3v) is 4.79. The smallest absolute Gasteiger partial charge is 0.267 e. The number of rotatable bonds is 7. The minimum Gasteiger partial charge on any atom is -0.497 e. The van der Waals surface area contributed by atoms with E-state index in [1.165, 1.54) is 0 Å². The lowest BCUT2D eigenvalue weighted by Crippen LogP contribution is -2.38. The summed E-state index contributed by atoms with van der Waals surface area (Å²) < 4.78 is 10.6. The number of amides is 2. The van der Waals surface area contributed by atoms with Crippen LogP contribution in [-0.4, -0.2) is 38.2 Å². The van der Waals surface area contributed by atoms with Crippen LogP contribution in [0.4, 0.5) is 0 Å². The first-order chi connectivity index (χ1) is 14.0. The number of carbonyl (C=O) groups is 2. The molecule has 0 spiro atoms. The SMILES string of the molecule is COc1ccc(C(=O)N/C(=C\c2ccc(Cl)cc2)C(=O)NC[C@@H]2CCCO2)cc1. The summed E-state index contributed by atoms with van der Waals surface area (Å²) in [5, 5.41) is 6.13. The Hall–Kier alpha value is -2.83. The molecule has 0 aliphatic carbocycles. The maximum atomic E-state index is 12.7. The summed E-state index contributed by atoms with van der Waals surface area (Å²) in [5.41, 5.74) is 1.30. The van der Waals surface area contributed by atoms with Crippen LogP contribution >= 0.6 is 11.6 Å². The van der Waals surface area contributed by atoms with Gasteiger partial charge in [-0.1, -0.05) is 23.7 Å². The molecule has 1 saturated heterocycles. The molecule has 1 atom stereocenters. The van der Waals surface area contributed by atoms with Crippen LogP contribution in [0.25, 0.3) is 6.08 Å². The largest absolute Gasteiger partial charge is 0.497 e. The fraction of sp³-hybridized carbons (Fsp3) is 0.273. The molecule has 29 heavy (non-hydrogen) atoms. The molecule has 7 heteroatoms. The van der Waals surface area contributed by atoms with Gasteiger partial charge in [-0.05, 0) is 60.9 Å². The number of carbonyl (C=O) groups excluding carboxylic acids is 2. The van der Waals surface area contributed by atoms with Crippen molar-refractivity contribution in [3.05, 3.63) is 70.4 Å². The summed E-state index contributed by atoms with van der Waals surface area (Å²) in [6, 6.07) is 13.6. The second-order valence-electron chi connectivity index (χ2n) is 6.64. The molecule has 0 bridgehead atoms. The second-order valence-corrected chi connectivity index (χ2v) is 7.07. The Balaban J connectivity index is 1.75. The molecule has 2 N–H and O–H groups in total. The van der Waals surface area contributed by atoms with Crippen LogP contribution in [-0.2, 0) is 9.53 Å². The average Bonchev–Trinajstić information content (AvgIpc) is 3.26. The number of methoxy groups -OCH3 is 1.